The standard InChI is InChI=1S/C20H22FN3OS/c1-3-24-19(25)17-15-9-4-5-10-16(15)26-18(17)22-20(24)23(2)12-13-7-6-8-14(21)11-13/h6-8,11H,3-5,9-10,12H2,1-2H3. The summed E-state index contributed by atoms with van der Waals surface area (Å²) in [4.78, 5) is 22.1. The van der Waals surface area contributed by atoms with Crippen LogP contribution in [-0.2, 0) is 25.9 Å². The fraction of sp³-hybridized carbons (Fsp3) is 0.400. The summed E-state index contributed by atoms with van der Waals surface area (Å²) in [6, 6.07) is 6.55. The number of aryl methyl sites for hydroxylation is 2. The van der Waals surface area contributed by atoms with Crippen LogP contribution < -0.4 is 10.5 Å². The smallest absolute Gasteiger partial charge is 0.263 e. The average molecular weight is 371 g/mol. The molecule has 0 atom stereocenters. The molecular formula is C20H22FN3OS. The van der Waals surface area contributed by atoms with Gasteiger partial charge in [0.25, 0.3) is 5.56 Å². The summed E-state index contributed by atoms with van der Waals surface area (Å²) in [5.74, 6) is 0.394. The summed E-state index contributed by atoms with van der Waals surface area (Å²) < 4.78 is 15.2. The molecule has 4 rings (SSSR count). The van der Waals surface area contributed by atoms with Gasteiger partial charge in [0.2, 0.25) is 5.95 Å². The minimum absolute atomic E-state index is 0.0537. The molecule has 0 N–H and O–H groups in total. The van der Waals surface area contributed by atoms with Gasteiger partial charge in [-0.2, -0.15) is 0 Å². The normalized spacial score (nSPS) is 13.8. The van der Waals surface area contributed by atoms with E-state index in [0.29, 0.717) is 19.0 Å². The summed E-state index contributed by atoms with van der Waals surface area (Å²) >= 11 is 1.66. The van der Waals surface area contributed by atoms with Crippen LogP contribution in [0.25, 0.3) is 10.2 Å². The quantitative estimate of drug-likeness (QED) is 0.692. The van der Waals surface area contributed by atoms with E-state index in [1.54, 1.807) is 22.0 Å². The number of fused-ring (bicyclic) bond motifs is 3. The van der Waals surface area contributed by atoms with Crippen molar-refractivity contribution in [2.45, 2.75) is 45.7 Å². The first kappa shape index (κ1) is 17.2. The van der Waals surface area contributed by atoms with E-state index >= 15 is 0 Å². The van der Waals surface area contributed by atoms with Gasteiger partial charge in [-0.05, 0) is 55.9 Å². The Hall–Kier alpha value is -2.21. The van der Waals surface area contributed by atoms with Crippen LogP contribution in [0, 0.1) is 5.82 Å². The van der Waals surface area contributed by atoms with Crippen LogP contribution in [0.3, 0.4) is 0 Å². The summed E-state index contributed by atoms with van der Waals surface area (Å²) in [6.07, 6.45) is 4.37. The van der Waals surface area contributed by atoms with Crippen molar-refractivity contribution >= 4 is 27.5 Å². The molecule has 0 bridgehead atoms. The molecule has 0 aliphatic heterocycles. The largest absolute Gasteiger partial charge is 0.341 e. The Balaban J connectivity index is 1.80. The topological polar surface area (TPSA) is 38.1 Å². The van der Waals surface area contributed by atoms with E-state index in [1.165, 1.54) is 29.0 Å². The van der Waals surface area contributed by atoms with Crippen molar-refractivity contribution < 1.29 is 4.39 Å². The van der Waals surface area contributed by atoms with Crippen molar-refractivity contribution in [3.05, 3.63) is 56.4 Å². The Labute approximate surface area is 155 Å². The lowest BCUT2D eigenvalue weighted by atomic mass is 9.97. The Morgan fingerprint density at radius 1 is 1.31 bits per heavy atom. The molecule has 0 radical (unpaired) electrons. The number of nitrogens with zero attached hydrogens (tertiary/aromatic N) is 3. The highest BCUT2D eigenvalue weighted by Gasteiger charge is 2.22. The Morgan fingerprint density at radius 2 is 2.12 bits per heavy atom. The Kier molecular flexibility index (Phi) is 4.53. The third kappa shape index (κ3) is 2.92. The molecule has 1 aliphatic rings. The average Bonchev–Trinajstić information content (AvgIpc) is 3.00. The highest BCUT2D eigenvalue weighted by molar-refractivity contribution is 7.18. The monoisotopic (exact) mass is 371 g/mol. The van der Waals surface area contributed by atoms with Crippen LogP contribution in [-0.4, -0.2) is 16.6 Å². The molecule has 2 aromatic heterocycles. The zero-order valence-electron chi connectivity index (χ0n) is 15.1. The molecule has 0 amide bonds. The van der Waals surface area contributed by atoms with Crippen LogP contribution in [0.5, 0.6) is 0 Å². The fourth-order valence-electron chi connectivity index (χ4n) is 3.78. The zero-order valence-corrected chi connectivity index (χ0v) is 15.9. The zero-order chi connectivity index (χ0) is 18.3. The number of halogens is 1. The lowest BCUT2D eigenvalue weighted by Gasteiger charge is -2.22. The third-order valence-corrected chi connectivity index (χ3v) is 6.21. The maximum atomic E-state index is 13.5. The van der Waals surface area contributed by atoms with E-state index in [0.717, 1.165) is 35.0 Å². The minimum atomic E-state index is -0.252. The maximum Gasteiger partial charge on any atom is 0.263 e. The molecule has 3 aromatic rings. The number of thiophene rings is 1. The molecule has 0 fully saturated rings. The van der Waals surface area contributed by atoms with Gasteiger partial charge in [-0.25, -0.2) is 9.37 Å². The van der Waals surface area contributed by atoms with Gasteiger partial charge in [0.05, 0.1) is 5.39 Å². The van der Waals surface area contributed by atoms with Crippen molar-refractivity contribution in [1.29, 1.82) is 0 Å². The fourth-order valence-corrected chi connectivity index (χ4v) is 5.03. The molecular weight excluding hydrogens is 349 g/mol. The lowest BCUT2D eigenvalue weighted by Crippen LogP contribution is -2.30. The van der Waals surface area contributed by atoms with Crippen molar-refractivity contribution in [2.75, 3.05) is 11.9 Å². The first-order chi connectivity index (χ1) is 12.6. The first-order valence-corrected chi connectivity index (χ1v) is 9.90. The highest BCUT2D eigenvalue weighted by atomic mass is 32.1. The van der Waals surface area contributed by atoms with Gasteiger partial charge in [0.15, 0.2) is 0 Å². The van der Waals surface area contributed by atoms with Gasteiger partial charge in [-0.3, -0.25) is 9.36 Å². The molecule has 0 spiro atoms. The highest BCUT2D eigenvalue weighted by Crippen LogP contribution is 2.34. The predicted octanol–water partition coefficient (Wildman–Crippen LogP) is 4.13. The first-order valence-electron chi connectivity index (χ1n) is 9.09. The molecule has 1 aliphatic carbocycles. The lowest BCUT2D eigenvalue weighted by molar-refractivity contribution is 0.624. The molecule has 1 aromatic carbocycles. The molecule has 0 unspecified atom stereocenters. The van der Waals surface area contributed by atoms with E-state index in [9.17, 15) is 9.18 Å². The van der Waals surface area contributed by atoms with Gasteiger partial charge < -0.3 is 4.90 Å². The summed E-state index contributed by atoms with van der Waals surface area (Å²) in [7, 11) is 1.90. The second kappa shape index (κ2) is 6.83. The second-order valence-electron chi connectivity index (χ2n) is 6.84. The maximum absolute atomic E-state index is 13.5. The predicted molar refractivity (Wildman–Crippen MR) is 105 cm³/mol. The number of anilines is 1. The van der Waals surface area contributed by atoms with E-state index < -0.39 is 0 Å². The van der Waals surface area contributed by atoms with Crippen molar-refractivity contribution in [1.82, 2.24) is 9.55 Å². The third-order valence-electron chi connectivity index (χ3n) is 5.02. The number of benzene rings is 1. The molecule has 0 saturated carbocycles. The van der Waals surface area contributed by atoms with Crippen LogP contribution in [0.15, 0.2) is 29.1 Å². The van der Waals surface area contributed by atoms with Crippen molar-refractivity contribution in [3.8, 4) is 0 Å². The van der Waals surface area contributed by atoms with Crippen molar-refractivity contribution in [2.24, 2.45) is 0 Å². The Bertz CT molecular complexity index is 1020. The molecule has 2 heterocycles. The summed E-state index contributed by atoms with van der Waals surface area (Å²) in [6.45, 7) is 3.03. The molecule has 6 heteroatoms. The van der Waals surface area contributed by atoms with E-state index in [2.05, 4.69) is 0 Å². The van der Waals surface area contributed by atoms with Gasteiger partial charge in [0.1, 0.15) is 10.6 Å². The van der Waals surface area contributed by atoms with Gasteiger partial charge >= 0.3 is 0 Å². The van der Waals surface area contributed by atoms with E-state index in [1.807, 2.05) is 24.9 Å². The van der Waals surface area contributed by atoms with Crippen LogP contribution in [0.1, 0.15) is 35.8 Å². The van der Waals surface area contributed by atoms with Gasteiger partial charge in [-0.1, -0.05) is 12.1 Å². The van der Waals surface area contributed by atoms with Crippen LogP contribution in [0.4, 0.5) is 10.3 Å². The SMILES string of the molecule is CCn1c(N(C)Cc2cccc(F)c2)nc2sc3c(c2c1=O)CCCC3. The van der Waals surface area contributed by atoms with E-state index in [4.69, 9.17) is 4.98 Å². The summed E-state index contributed by atoms with van der Waals surface area (Å²) in [5, 5.41) is 0.814. The van der Waals surface area contributed by atoms with Gasteiger partial charge in [0, 0.05) is 25.0 Å². The number of hydrogen-bond acceptors (Lipinski definition) is 4. The number of rotatable bonds is 4. The number of aromatic nitrogens is 2. The van der Waals surface area contributed by atoms with Crippen LogP contribution in [0.2, 0.25) is 0 Å². The molecule has 26 heavy (non-hydrogen) atoms. The molecule has 0 saturated heterocycles. The Morgan fingerprint density at radius 3 is 2.88 bits per heavy atom. The minimum Gasteiger partial charge on any atom is -0.341 e. The summed E-state index contributed by atoms with van der Waals surface area (Å²) in [5.41, 5.74) is 2.13. The molecule has 136 valence electrons. The van der Waals surface area contributed by atoms with Gasteiger partial charge in [-0.15, -0.1) is 11.3 Å². The van der Waals surface area contributed by atoms with Crippen molar-refractivity contribution in [3.63, 3.8) is 0 Å². The van der Waals surface area contributed by atoms with Crippen LogP contribution >= 0.6 is 11.3 Å². The van der Waals surface area contributed by atoms with E-state index in [-0.39, 0.29) is 11.4 Å². The molecule has 4 nitrogen and oxygen atoms in total. The second-order valence-corrected chi connectivity index (χ2v) is 7.92. The number of hydrogen-bond donors (Lipinski definition) is 0.